The normalized spacial score (nSPS) is 8.69. The van der Waals surface area contributed by atoms with Crippen molar-refractivity contribution in [2.75, 3.05) is 7.11 Å². The summed E-state index contributed by atoms with van der Waals surface area (Å²) in [6, 6.07) is 4.18. The van der Waals surface area contributed by atoms with Gasteiger partial charge in [-0.05, 0) is 6.07 Å². The van der Waals surface area contributed by atoms with Crippen LogP contribution in [0.4, 0.5) is 11.4 Å². The molecule has 5 heteroatoms. The molecule has 13 heavy (non-hydrogen) atoms. The fraction of sp³-hybridized carbons (Fsp3) is 0.125. The zero-order chi connectivity index (χ0) is 9.14. The Kier molecular flexibility index (Phi) is 4.31. The van der Waals surface area contributed by atoms with Crippen molar-refractivity contribution in [1.82, 2.24) is 0 Å². The van der Waals surface area contributed by atoms with E-state index in [9.17, 15) is 4.79 Å². The first kappa shape index (κ1) is 11.8. The van der Waals surface area contributed by atoms with Gasteiger partial charge in [0.25, 0.3) is 0 Å². The Morgan fingerprint density at radius 1 is 1.31 bits per heavy atom. The van der Waals surface area contributed by atoms with Crippen LogP contribution in [0.5, 0.6) is 0 Å². The molecule has 0 aliphatic heterocycles. The Hall–Kier alpha value is -1.19. The Labute approximate surface area is 86.7 Å². The molecule has 0 amide bonds. The van der Waals surface area contributed by atoms with Gasteiger partial charge in [0.1, 0.15) is 0 Å². The molecule has 0 atom stereocenters. The van der Waals surface area contributed by atoms with Crippen molar-refractivity contribution in [3.8, 4) is 0 Å². The fourth-order valence-electron chi connectivity index (χ4n) is 0.789. The molecule has 0 unspecified atom stereocenters. The molecular formula is C8H8CuN2O2. The topological polar surface area (TPSA) is 73.9 Å². The third-order valence-electron chi connectivity index (χ3n) is 1.44. The first-order valence-electron chi connectivity index (χ1n) is 3.30. The minimum atomic E-state index is -0.483. The summed E-state index contributed by atoms with van der Waals surface area (Å²) in [5.74, 6) is -0.483. The molecule has 0 bridgehead atoms. The molecule has 0 aliphatic carbocycles. The molecule has 0 aromatic heterocycles. The van der Waals surface area contributed by atoms with Gasteiger partial charge in [-0.15, -0.1) is 0 Å². The van der Waals surface area contributed by atoms with E-state index in [0.717, 1.165) is 0 Å². The van der Waals surface area contributed by atoms with Crippen LogP contribution in [-0.4, -0.2) is 13.1 Å². The number of carbonyl (C=O) groups is 1. The average molecular weight is 228 g/mol. The standard InChI is InChI=1S/C8H9N2O2.Cu/c1-12-8(11)5-2-3-6(9)7(10)4-5;/h2-4,10H,1H3,(H2,9,11);/q-1;+2/p-1. The van der Waals surface area contributed by atoms with E-state index in [-0.39, 0.29) is 28.4 Å². The maximum atomic E-state index is 10.9. The molecule has 0 heterocycles. The van der Waals surface area contributed by atoms with Gasteiger partial charge in [-0.1, -0.05) is 12.1 Å². The minimum absolute atomic E-state index is 0. The first-order valence-corrected chi connectivity index (χ1v) is 3.30. The molecular weight excluding hydrogens is 220 g/mol. The Morgan fingerprint density at radius 3 is 2.38 bits per heavy atom. The van der Waals surface area contributed by atoms with Gasteiger partial charge in [0.15, 0.2) is 0 Å². The summed E-state index contributed by atoms with van der Waals surface area (Å²) in [5.41, 5.74) is 14.8. The Bertz CT molecular complexity index is 315. The molecule has 4 nitrogen and oxygen atoms in total. The van der Waals surface area contributed by atoms with Gasteiger partial charge in [0, 0.05) is 0 Å². The maximum absolute atomic E-state index is 10.9. The van der Waals surface area contributed by atoms with Crippen LogP contribution in [-0.2, 0) is 21.8 Å². The Morgan fingerprint density at radius 2 is 1.92 bits per heavy atom. The van der Waals surface area contributed by atoms with Crippen molar-refractivity contribution in [2.45, 2.75) is 0 Å². The number of ether oxygens (including phenoxy) is 1. The van der Waals surface area contributed by atoms with Crippen LogP contribution in [0.15, 0.2) is 18.2 Å². The fourth-order valence-corrected chi connectivity index (χ4v) is 0.789. The van der Waals surface area contributed by atoms with Gasteiger partial charge in [0.2, 0.25) is 0 Å². The first-order chi connectivity index (χ1) is 5.65. The van der Waals surface area contributed by atoms with Gasteiger partial charge in [-0.3, -0.25) is 0 Å². The number of rotatable bonds is 1. The molecule has 1 rings (SSSR count). The SMILES string of the molecule is COC(=O)c1ccc([NH-])c([NH-])c1.[Cu+2]. The van der Waals surface area contributed by atoms with Crippen LogP contribution < -0.4 is 0 Å². The molecule has 0 saturated carbocycles. The summed E-state index contributed by atoms with van der Waals surface area (Å²) in [6.45, 7) is 0. The molecule has 0 aliphatic rings. The van der Waals surface area contributed by atoms with Crippen molar-refractivity contribution in [2.24, 2.45) is 0 Å². The van der Waals surface area contributed by atoms with Crippen molar-refractivity contribution in [3.63, 3.8) is 0 Å². The molecule has 0 fully saturated rings. The van der Waals surface area contributed by atoms with Crippen LogP contribution in [0.2, 0.25) is 0 Å². The number of hydrogen-bond acceptors (Lipinski definition) is 2. The van der Waals surface area contributed by atoms with Crippen molar-refractivity contribution >= 4 is 17.3 Å². The zero-order valence-corrected chi connectivity index (χ0v) is 7.79. The smallest absolute Gasteiger partial charge is 0.700 e. The largest absolute Gasteiger partial charge is 2.00 e. The number of benzene rings is 1. The van der Waals surface area contributed by atoms with Crippen LogP contribution in [0.1, 0.15) is 10.4 Å². The minimum Gasteiger partial charge on any atom is -0.700 e. The second-order valence-corrected chi connectivity index (χ2v) is 2.25. The summed E-state index contributed by atoms with van der Waals surface area (Å²) in [5, 5.41) is 0. The van der Waals surface area contributed by atoms with E-state index in [1.165, 1.54) is 25.3 Å². The second kappa shape index (κ2) is 4.74. The Balaban J connectivity index is 0.00000144. The predicted molar refractivity (Wildman–Crippen MR) is 45.7 cm³/mol. The number of hydrogen-bond donors (Lipinski definition) is 0. The van der Waals surface area contributed by atoms with E-state index < -0.39 is 5.97 Å². The van der Waals surface area contributed by atoms with E-state index in [0.29, 0.717) is 5.56 Å². The third-order valence-corrected chi connectivity index (χ3v) is 1.44. The van der Waals surface area contributed by atoms with Gasteiger partial charge in [-0.2, -0.15) is 11.4 Å². The van der Waals surface area contributed by atoms with Crippen LogP contribution >= 0.6 is 0 Å². The average Bonchev–Trinajstić information content (AvgIpc) is 2.08. The van der Waals surface area contributed by atoms with Crippen LogP contribution in [0, 0.1) is 0 Å². The summed E-state index contributed by atoms with van der Waals surface area (Å²) < 4.78 is 4.45. The summed E-state index contributed by atoms with van der Waals surface area (Å²) in [7, 11) is 1.28. The van der Waals surface area contributed by atoms with Gasteiger partial charge >= 0.3 is 23.0 Å². The molecule has 2 N–H and O–H groups in total. The second-order valence-electron chi connectivity index (χ2n) is 2.25. The molecule has 1 radical (unpaired) electrons. The van der Waals surface area contributed by atoms with Gasteiger partial charge in [0.05, 0.1) is 12.7 Å². The summed E-state index contributed by atoms with van der Waals surface area (Å²) in [6.07, 6.45) is 0. The van der Waals surface area contributed by atoms with Crippen molar-refractivity contribution < 1.29 is 26.6 Å². The molecule has 1 aromatic carbocycles. The van der Waals surface area contributed by atoms with Gasteiger partial charge < -0.3 is 16.2 Å². The molecule has 73 valence electrons. The van der Waals surface area contributed by atoms with Gasteiger partial charge in [-0.25, -0.2) is 4.79 Å². The quantitative estimate of drug-likeness (QED) is 0.547. The number of esters is 1. The number of methoxy groups -OCH3 is 1. The summed E-state index contributed by atoms with van der Waals surface area (Å²) >= 11 is 0. The van der Waals surface area contributed by atoms with E-state index in [4.69, 9.17) is 11.5 Å². The monoisotopic (exact) mass is 227 g/mol. The molecule has 0 spiro atoms. The molecule has 0 saturated heterocycles. The maximum Gasteiger partial charge on any atom is 2.00 e. The zero-order valence-electron chi connectivity index (χ0n) is 6.85. The van der Waals surface area contributed by atoms with E-state index >= 15 is 0 Å². The van der Waals surface area contributed by atoms with Crippen molar-refractivity contribution in [3.05, 3.63) is 35.2 Å². The van der Waals surface area contributed by atoms with Crippen LogP contribution in [0.3, 0.4) is 0 Å². The number of carbonyl (C=O) groups excluding carboxylic acids is 1. The third kappa shape index (κ3) is 2.64. The summed E-state index contributed by atoms with van der Waals surface area (Å²) in [4.78, 5) is 10.9. The molecule has 1 aromatic rings. The van der Waals surface area contributed by atoms with Crippen LogP contribution in [0.25, 0.3) is 11.5 Å². The number of nitrogens with one attached hydrogen (secondary N) is 2. The van der Waals surface area contributed by atoms with E-state index in [1.54, 1.807) is 0 Å². The predicted octanol–water partition coefficient (Wildman–Crippen LogP) is 2.84. The van der Waals surface area contributed by atoms with Crippen molar-refractivity contribution in [1.29, 1.82) is 0 Å². The van der Waals surface area contributed by atoms with E-state index in [2.05, 4.69) is 4.74 Å². The van der Waals surface area contributed by atoms with E-state index in [1.807, 2.05) is 0 Å².